The number of para-hydroxylation sites is 1. The SMILES string of the molecule is C[C@@H]1CCCC[C@H]1NC(=O)CCCn1c(=S)[nH]c2ccccc2c1=O. The van der Waals surface area contributed by atoms with Crippen LogP contribution in [-0.4, -0.2) is 21.5 Å². The smallest absolute Gasteiger partial charge is 0.262 e. The molecule has 5 nitrogen and oxygen atoms in total. The van der Waals surface area contributed by atoms with E-state index >= 15 is 0 Å². The molecule has 2 atom stereocenters. The first kappa shape index (κ1) is 17.9. The number of benzene rings is 1. The summed E-state index contributed by atoms with van der Waals surface area (Å²) in [5.74, 6) is 0.622. The van der Waals surface area contributed by atoms with Crippen LogP contribution in [-0.2, 0) is 11.3 Å². The monoisotopic (exact) mass is 359 g/mol. The summed E-state index contributed by atoms with van der Waals surface area (Å²) >= 11 is 5.30. The van der Waals surface area contributed by atoms with E-state index in [2.05, 4.69) is 17.2 Å². The number of aromatic nitrogens is 2. The maximum atomic E-state index is 12.6. The molecule has 1 amide bonds. The lowest BCUT2D eigenvalue weighted by Gasteiger charge is -2.29. The van der Waals surface area contributed by atoms with Crippen LogP contribution in [0, 0.1) is 10.7 Å². The number of H-pyrrole nitrogens is 1. The van der Waals surface area contributed by atoms with Gasteiger partial charge in [0.2, 0.25) is 5.91 Å². The molecule has 134 valence electrons. The second-order valence-corrected chi connectivity index (χ2v) is 7.36. The molecule has 0 unspecified atom stereocenters. The van der Waals surface area contributed by atoms with E-state index in [9.17, 15) is 9.59 Å². The molecular formula is C19H25N3O2S. The molecule has 1 aliphatic rings. The number of carbonyl (C=O) groups is 1. The second-order valence-electron chi connectivity index (χ2n) is 6.97. The number of rotatable bonds is 5. The minimum Gasteiger partial charge on any atom is -0.353 e. The van der Waals surface area contributed by atoms with Crippen LogP contribution in [0.25, 0.3) is 10.9 Å². The van der Waals surface area contributed by atoms with Gasteiger partial charge in [0, 0.05) is 19.0 Å². The van der Waals surface area contributed by atoms with Crippen molar-refractivity contribution in [3.8, 4) is 0 Å². The Labute approximate surface area is 152 Å². The van der Waals surface area contributed by atoms with Crippen molar-refractivity contribution in [3.63, 3.8) is 0 Å². The van der Waals surface area contributed by atoms with E-state index in [0.717, 1.165) is 11.9 Å². The van der Waals surface area contributed by atoms with E-state index < -0.39 is 0 Å². The van der Waals surface area contributed by atoms with Gasteiger partial charge in [-0.2, -0.15) is 0 Å². The maximum absolute atomic E-state index is 12.6. The summed E-state index contributed by atoms with van der Waals surface area (Å²) in [5, 5.41) is 3.78. The average Bonchev–Trinajstić information content (AvgIpc) is 2.60. The molecule has 0 aliphatic heterocycles. The highest BCUT2D eigenvalue weighted by molar-refractivity contribution is 7.71. The summed E-state index contributed by atoms with van der Waals surface area (Å²) in [6.45, 7) is 2.66. The van der Waals surface area contributed by atoms with Gasteiger partial charge in [-0.25, -0.2) is 0 Å². The quantitative estimate of drug-likeness (QED) is 0.803. The van der Waals surface area contributed by atoms with Crippen molar-refractivity contribution >= 4 is 29.0 Å². The zero-order chi connectivity index (χ0) is 17.8. The first-order valence-corrected chi connectivity index (χ1v) is 9.48. The molecular weight excluding hydrogens is 334 g/mol. The molecule has 6 heteroatoms. The summed E-state index contributed by atoms with van der Waals surface area (Å²) in [7, 11) is 0. The predicted molar refractivity (Wildman–Crippen MR) is 102 cm³/mol. The number of amides is 1. The third-order valence-electron chi connectivity index (χ3n) is 5.13. The van der Waals surface area contributed by atoms with Gasteiger partial charge < -0.3 is 10.3 Å². The number of aromatic amines is 1. The van der Waals surface area contributed by atoms with Gasteiger partial charge in [-0.1, -0.05) is 31.9 Å². The van der Waals surface area contributed by atoms with Gasteiger partial charge in [0.25, 0.3) is 5.56 Å². The highest BCUT2D eigenvalue weighted by Gasteiger charge is 2.22. The molecule has 1 aromatic carbocycles. The normalized spacial score (nSPS) is 20.5. The molecule has 2 aromatic rings. The van der Waals surface area contributed by atoms with E-state index in [1.54, 1.807) is 10.6 Å². The van der Waals surface area contributed by atoms with Crippen LogP contribution in [0.3, 0.4) is 0 Å². The third kappa shape index (κ3) is 4.18. The van der Waals surface area contributed by atoms with Gasteiger partial charge in [-0.3, -0.25) is 14.2 Å². The Morgan fingerprint density at radius 1 is 1.32 bits per heavy atom. The van der Waals surface area contributed by atoms with Crippen LogP contribution < -0.4 is 10.9 Å². The van der Waals surface area contributed by atoms with Crippen LogP contribution in [0.2, 0.25) is 0 Å². The van der Waals surface area contributed by atoms with Crippen molar-refractivity contribution < 1.29 is 4.79 Å². The van der Waals surface area contributed by atoms with Crippen molar-refractivity contribution in [2.75, 3.05) is 0 Å². The topological polar surface area (TPSA) is 66.9 Å². The molecule has 0 saturated heterocycles. The Balaban J connectivity index is 1.60. The highest BCUT2D eigenvalue weighted by atomic mass is 32.1. The molecule has 1 aliphatic carbocycles. The van der Waals surface area contributed by atoms with Crippen molar-refractivity contribution in [1.29, 1.82) is 0 Å². The fraction of sp³-hybridized carbons (Fsp3) is 0.526. The average molecular weight is 359 g/mol. The maximum Gasteiger partial charge on any atom is 0.262 e. The lowest BCUT2D eigenvalue weighted by Crippen LogP contribution is -2.41. The molecule has 0 radical (unpaired) electrons. The number of nitrogens with zero attached hydrogens (tertiary/aromatic N) is 1. The van der Waals surface area contributed by atoms with Gasteiger partial charge in [-0.15, -0.1) is 0 Å². The number of fused-ring (bicyclic) bond motifs is 1. The fourth-order valence-corrected chi connectivity index (χ4v) is 3.89. The van der Waals surface area contributed by atoms with Crippen LogP contribution in [0.4, 0.5) is 0 Å². The second kappa shape index (κ2) is 7.95. The van der Waals surface area contributed by atoms with Gasteiger partial charge in [0.15, 0.2) is 4.77 Å². The minimum atomic E-state index is -0.0966. The Kier molecular flexibility index (Phi) is 5.68. The van der Waals surface area contributed by atoms with Gasteiger partial charge in [0.1, 0.15) is 0 Å². The van der Waals surface area contributed by atoms with Crippen molar-refractivity contribution in [2.45, 2.75) is 58.0 Å². The molecule has 25 heavy (non-hydrogen) atoms. The molecule has 1 saturated carbocycles. The lowest BCUT2D eigenvalue weighted by molar-refractivity contribution is -0.122. The summed E-state index contributed by atoms with van der Waals surface area (Å²) in [4.78, 5) is 27.8. The third-order valence-corrected chi connectivity index (χ3v) is 5.46. The number of nitrogens with one attached hydrogen (secondary N) is 2. The van der Waals surface area contributed by atoms with E-state index in [-0.39, 0.29) is 11.5 Å². The van der Waals surface area contributed by atoms with Gasteiger partial charge >= 0.3 is 0 Å². The fourth-order valence-electron chi connectivity index (χ4n) is 3.61. The molecule has 0 spiro atoms. The van der Waals surface area contributed by atoms with Gasteiger partial charge in [-0.05, 0) is 49.5 Å². The lowest BCUT2D eigenvalue weighted by atomic mass is 9.86. The van der Waals surface area contributed by atoms with E-state index in [4.69, 9.17) is 12.2 Å². The zero-order valence-electron chi connectivity index (χ0n) is 14.6. The van der Waals surface area contributed by atoms with Crippen molar-refractivity contribution in [1.82, 2.24) is 14.9 Å². The number of carbonyl (C=O) groups excluding carboxylic acids is 1. The molecule has 1 aromatic heterocycles. The molecule has 1 heterocycles. The summed E-state index contributed by atoms with van der Waals surface area (Å²) in [5.41, 5.74) is 0.651. The predicted octanol–water partition coefficient (Wildman–Crippen LogP) is 3.53. The minimum absolute atomic E-state index is 0.0717. The highest BCUT2D eigenvalue weighted by Crippen LogP contribution is 2.23. The largest absolute Gasteiger partial charge is 0.353 e. The Morgan fingerprint density at radius 3 is 2.88 bits per heavy atom. The summed E-state index contributed by atoms with van der Waals surface area (Å²) in [6.07, 6.45) is 5.72. The van der Waals surface area contributed by atoms with E-state index in [1.807, 2.05) is 18.2 Å². The Hall–Kier alpha value is -1.95. The Bertz CT molecular complexity index is 871. The summed E-state index contributed by atoms with van der Waals surface area (Å²) in [6, 6.07) is 7.64. The van der Waals surface area contributed by atoms with Crippen LogP contribution in [0.5, 0.6) is 0 Å². The molecule has 2 N–H and O–H groups in total. The summed E-state index contributed by atoms with van der Waals surface area (Å²) < 4.78 is 1.96. The zero-order valence-corrected chi connectivity index (χ0v) is 15.4. The molecule has 0 bridgehead atoms. The first-order valence-electron chi connectivity index (χ1n) is 9.07. The Morgan fingerprint density at radius 2 is 2.08 bits per heavy atom. The van der Waals surface area contributed by atoms with Gasteiger partial charge in [0.05, 0.1) is 10.9 Å². The van der Waals surface area contributed by atoms with E-state index in [1.165, 1.54) is 19.3 Å². The number of hydrogen-bond acceptors (Lipinski definition) is 3. The first-order chi connectivity index (χ1) is 12.1. The molecule has 1 fully saturated rings. The van der Waals surface area contributed by atoms with E-state index in [0.29, 0.717) is 41.5 Å². The van der Waals surface area contributed by atoms with Crippen LogP contribution in [0.15, 0.2) is 29.1 Å². The van der Waals surface area contributed by atoms with Crippen molar-refractivity contribution in [2.24, 2.45) is 5.92 Å². The van der Waals surface area contributed by atoms with Crippen LogP contribution >= 0.6 is 12.2 Å². The van der Waals surface area contributed by atoms with Crippen LogP contribution in [0.1, 0.15) is 45.4 Å². The van der Waals surface area contributed by atoms with Crippen molar-refractivity contribution in [3.05, 3.63) is 39.4 Å². The molecule has 3 rings (SSSR count). The number of hydrogen-bond donors (Lipinski definition) is 2. The standard InChI is InChI=1S/C19H25N3O2S/c1-13-7-2-4-9-15(13)20-17(23)11-6-12-22-18(24)14-8-3-5-10-16(14)21-19(22)25/h3,5,8,10,13,15H,2,4,6-7,9,11-12H2,1H3,(H,20,23)(H,21,25)/t13-,15-/m1/s1.